The smallest absolute Gasteiger partial charge is 0.0443 e. The molecule has 0 spiro atoms. The molecule has 0 aromatic carbocycles. The summed E-state index contributed by atoms with van der Waals surface area (Å²) in [6.45, 7) is 6.89. The van der Waals surface area contributed by atoms with Gasteiger partial charge in [0.1, 0.15) is 0 Å². The van der Waals surface area contributed by atoms with E-state index in [0.717, 1.165) is 5.92 Å². The minimum Gasteiger partial charge on any atom is -0.344 e. The molecule has 1 atom stereocenters. The van der Waals surface area contributed by atoms with Crippen LogP contribution in [0, 0.1) is 5.92 Å². The molecular weight excluding hydrogens is 122 g/mol. The molecule has 0 aromatic heterocycles. The van der Waals surface area contributed by atoms with E-state index in [9.17, 15) is 0 Å². The molecule has 10 heavy (non-hydrogen) atoms. The molecule has 1 nitrogen and oxygen atoms in total. The van der Waals surface area contributed by atoms with Crippen molar-refractivity contribution in [1.82, 2.24) is 6.15 Å². The lowest BCUT2D eigenvalue weighted by atomic mass is 10.00. The number of rotatable bonds is 5. The van der Waals surface area contributed by atoms with Crippen LogP contribution in [0.2, 0.25) is 0 Å². The molecule has 0 rings (SSSR count). The molecule has 64 valence electrons. The van der Waals surface area contributed by atoms with Crippen molar-refractivity contribution in [3.8, 4) is 0 Å². The molecule has 1 heteroatoms. The standard InChI is InChI=1S/C9H20.H3N/c1-4-6-8-9(3)7-5-2;/h9H,4-8H2,1-3H3;1H3. The fourth-order valence-electron chi connectivity index (χ4n) is 1.19. The highest BCUT2D eigenvalue weighted by molar-refractivity contribution is 4.50. The Kier molecular flexibility index (Phi) is 11.3. The number of hydrogen-bond donors (Lipinski definition) is 1. The largest absolute Gasteiger partial charge is 0.344 e. The molecule has 0 bridgehead atoms. The van der Waals surface area contributed by atoms with Crippen molar-refractivity contribution in [2.75, 3.05) is 0 Å². The number of unbranched alkanes of at least 4 members (excludes halogenated alkanes) is 1. The minimum absolute atomic E-state index is 0. The first kappa shape index (κ1) is 12.6. The molecule has 0 saturated carbocycles. The third kappa shape index (κ3) is 7.96. The fraction of sp³-hybridized carbons (Fsp3) is 1.00. The van der Waals surface area contributed by atoms with Gasteiger partial charge in [0.2, 0.25) is 0 Å². The predicted octanol–water partition coefficient (Wildman–Crippen LogP) is 3.77. The topological polar surface area (TPSA) is 35.0 Å². The second-order valence-corrected chi connectivity index (χ2v) is 3.04. The molecular formula is C9H23N. The van der Waals surface area contributed by atoms with Crippen molar-refractivity contribution < 1.29 is 0 Å². The number of hydrogen-bond acceptors (Lipinski definition) is 1. The van der Waals surface area contributed by atoms with Crippen LogP contribution < -0.4 is 6.15 Å². The molecule has 0 saturated heterocycles. The predicted molar refractivity (Wildman–Crippen MR) is 48.6 cm³/mol. The van der Waals surface area contributed by atoms with Crippen molar-refractivity contribution in [3.05, 3.63) is 0 Å². The monoisotopic (exact) mass is 145 g/mol. The highest BCUT2D eigenvalue weighted by Gasteiger charge is 1.97. The molecule has 0 fully saturated rings. The van der Waals surface area contributed by atoms with Gasteiger partial charge in [-0.3, -0.25) is 0 Å². The van der Waals surface area contributed by atoms with Crippen LogP contribution in [-0.2, 0) is 0 Å². The van der Waals surface area contributed by atoms with E-state index in [1.807, 2.05) is 0 Å². The second-order valence-electron chi connectivity index (χ2n) is 3.04. The van der Waals surface area contributed by atoms with Gasteiger partial charge in [0, 0.05) is 0 Å². The SMILES string of the molecule is CCCCC(C)CCC.N. The van der Waals surface area contributed by atoms with Crippen LogP contribution in [0.5, 0.6) is 0 Å². The molecule has 0 aliphatic heterocycles. The molecule has 3 N–H and O–H groups in total. The maximum atomic E-state index is 2.36. The van der Waals surface area contributed by atoms with Crippen molar-refractivity contribution in [1.29, 1.82) is 0 Å². The van der Waals surface area contributed by atoms with E-state index >= 15 is 0 Å². The fourth-order valence-corrected chi connectivity index (χ4v) is 1.19. The van der Waals surface area contributed by atoms with E-state index in [1.54, 1.807) is 0 Å². The molecule has 0 aliphatic rings. The minimum atomic E-state index is 0. The van der Waals surface area contributed by atoms with Crippen LogP contribution in [0.3, 0.4) is 0 Å². The lowest BCUT2D eigenvalue weighted by Crippen LogP contribution is -1.92. The van der Waals surface area contributed by atoms with Gasteiger partial charge in [0.05, 0.1) is 0 Å². The highest BCUT2D eigenvalue weighted by atomic mass is 14.0. The van der Waals surface area contributed by atoms with Crippen LogP contribution in [0.25, 0.3) is 0 Å². The maximum absolute atomic E-state index is 2.36. The first-order valence-electron chi connectivity index (χ1n) is 4.31. The van der Waals surface area contributed by atoms with E-state index in [1.165, 1.54) is 32.1 Å². The molecule has 1 unspecified atom stereocenters. The third-order valence-corrected chi connectivity index (χ3v) is 1.83. The van der Waals surface area contributed by atoms with Gasteiger partial charge in [-0.05, 0) is 5.92 Å². The summed E-state index contributed by atoms with van der Waals surface area (Å²) in [5, 5.41) is 0. The average Bonchev–Trinajstić information content (AvgIpc) is 1.85. The van der Waals surface area contributed by atoms with E-state index in [2.05, 4.69) is 20.8 Å². The van der Waals surface area contributed by atoms with E-state index in [0.29, 0.717) is 0 Å². The molecule has 0 amide bonds. The Hall–Kier alpha value is -0.0400. The van der Waals surface area contributed by atoms with Crippen LogP contribution in [0.4, 0.5) is 0 Å². The first-order chi connectivity index (χ1) is 4.31. The zero-order valence-electron chi connectivity index (χ0n) is 7.82. The van der Waals surface area contributed by atoms with Crippen LogP contribution in [0.1, 0.15) is 52.9 Å². The zero-order chi connectivity index (χ0) is 7.11. The van der Waals surface area contributed by atoms with Crippen LogP contribution in [-0.4, -0.2) is 0 Å². The Morgan fingerprint density at radius 1 is 1.00 bits per heavy atom. The summed E-state index contributed by atoms with van der Waals surface area (Å²) >= 11 is 0. The molecule has 0 radical (unpaired) electrons. The summed E-state index contributed by atoms with van der Waals surface area (Å²) in [5.74, 6) is 0.968. The lowest BCUT2D eigenvalue weighted by molar-refractivity contribution is 0.466. The Morgan fingerprint density at radius 2 is 1.60 bits per heavy atom. The van der Waals surface area contributed by atoms with Crippen molar-refractivity contribution in [3.63, 3.8) is 0 Å². The van der Waals surface area contributed by atoms with E-state index < -0.39 is 0 Å². The van der Waals surface area contributed by atoms with Gasteiger partial charge in [-0.15, -0.1) is 0 Å². The third-order valence-electron chi connectivity index (χ3n) is 1.83. The second kappa shape index (κ2) is 8.96. The first-order valence-corrected chi connectivity index (χ1v) is 4.31. The Labute approximate surface area is 65.8 Å². The van der Waals surface area contributed by atoms with Gasteiger partial charge in [-0.1, -0.05) is 52.9 Å². The summed E-state index contributed by atoms with van der Waals surface area (Å²) in [7, 11) is 0. The summed E-state index contributed by atoms with van der Waals surface area (Å²) in [6.07, 6.45) is 6.98. The summed E-state index contributed by atoms with van der Waals surface area (Å²) in [4.78, 5) is 0. The Morgan fingerprint density at radius 3 is 2.00 bits per heavy atom. The van der Waals surface area contributed by atoms with Gasteiger partial charge < -0.3 is 6.15 Å². The zero-order valence-corrected chi connectivity index (χ0v) is 7.82. The average molecular weight is 145 g/mol. The van der Waals surface area contributed by atoms with Crippen LogP contribution >= 0.6 is 0 Å². The molecule has 0 heterocycles. The summed E-state index contributed by atoms with van der Waals surface area (Å²) in [5.41, 5.74) is 0. The quantitative estimate of drug-likeness (QED) is 0.627. The van der Waals surface area contributed by atoms with Crippen molar-refractivity contribution in [2.45, 2.75) is 52.9 Å². The van der Waals surface area contributed by atoms with Gasteiger partial charge >= 0.3 is 0 Å². The van der Waals surface area contributed by atoms with Gasteiger partial charge in [0.15, 0.2) is 0 Å². The van der Waals surface area contributed by atoms with Crippen molar-refractivity contribution >= 4 is 0 Å². The van der Waals surface area contributed by atoms with Gasteiger partial charge in [-0.25, -0.2) is 0 Å². The summed E-state index contributed by atoms with van der Waals surface area (Å²) in [6, 6.07) is 0. The van der Waals surface area contributed by atoms with Crippen LogP contribution in [0.15, 0.2) is 0 Å². The summed E-state index contributed by atoms with van der Waals surface area (Å²) < 4.78 is 0. The Balaban J connectivity index is 0. The van der Waals surface area contributed by atoms with E-state index in [-0.39, 0.29) is 6.15 Å². The molecule has 0 aromatic rings. The van der Waals surface area contributed by atoms with Crippen molar-refractivity contribution in [2.24, 2.45) is 5.92 Å². The van der Waals surface area contributed by atoms with Gasteiger partial charge in [0.25, 0.3) is 0 Å². The maximum Gasteiger partial charge on any atom is -0.0443 e. The van der Waals surface area contributed by atoms with Gasteiger partial charge in [-0.2, -0.15) is 0 Å². The Bertz CT molecular complexity index is 52.7. The van der Waals surface area contributed by atoms with E-state index in [4.69, 9.17) is 0 Å². The highest BCUT2D eigenvalue weighted by Crippen LogP contribution is 2.12. The molecule has 0 aliphatic carbocycles. The lowest BCUT2D eigenvalue weighted by Gasteiger charge is -2.07. The normalized spacial score (nSPS) is 12.3.